The Bertz CT molecular complexity index is 383. The summed E-state index contributed by atoms with van der Waals surface area (Å²) in [6.07, 6.45) is 6.69. The molecule has 92 valence electrons. The van der Waals surface area contributed by atoms with Crippen LogP contribution in [0.5, 0.6) is 0 Å². The highest BCUT2D eigenvalue weighted by molar-refractivity contribution is 5.40. The van der Waals surface area contributed by atoms with Crippen LogP contribution in [0.25, 0.3) is 0 Å². The number of hydrogen-bond donors (Lipinski definition) is 1. The SMILES string of the molecule is CN(c1cccc(CNC2CC2)n1)C1CCC1. The zero-order valence-corrected chi connectivity index (χ0v) is 10.5. The summed E-state index contributed by atoms with van der Waals surface area (Å²) in [4.78, 5) is 7.08. The van der Waals surface area contributed by atoms with Gasteiger partial charge in [0, 0.05) is 25.7 Å². The minimum Gasteiger partial charge on any atom is -0.357 e. The number of aromatic nitrogens is 1. The van der Waals surface area contributed by atoms with E-state index < -0.39 is 0 Å². The average molecular weight is 231 g/mol. The van der Waals surface area contributed by atoms with E-state index in [0.717, 1.165) is 18.4 Å². The summed E-state index contributed by atoms with van der Waals surface area (Å²) in [5.74, 6) is 1.13. The zero-order valence-electron chi connectivity index (χ0n) is 10.5. The van der Waals surface area contributed by atoms with Gasteiger partial charge in [-0.2, -0.15) is 0 Å². The predicted octanol–water partition coefficient (Wildman–Crippen LogP) is 2.32. The molecule has 2 saturated carbocycles. The summed E-state index contributed by atoms with van der Waals surface area (Å²) in [6.45, 7) is 0.914. The maximum atomic E-state index is 4.74. The number of pyridine rings is 1. The second-order valence-electron chi connectivity index (χ2n) is 5.34. The lowest BCUT2D eigenvalue weighted by molar-refractivity contribution is 0.399. The van der Waals surface area contributed by atoms with E-state index in [1.54, 1.807) is 0 Å². The monoisotopic (exact) mass is 231 g/mol. The van der Waals surface area contributed by atoms with Gasteiger partial charge in [-0.3, -0.25) is 0 Å². The first kappa shape index (κ1) is 11.0. The summed E-state index contributed by atoms with van der Waals surface area (Å²) >= 11 is 0. The lowest BCUT2D eigenvalue weighted by Gasteiger charge is -2.35. The van der Waals surface area contributed by atoms with E-state index >= 15 is 0 Å². The average Bonchev–Trinajstić information content (AvgIpc) is 3.08. The van der Waals surface area contributed by atoms with Crippen LogP contribution in [0.1, 0.15) is 37.8 Å². The number of anilines is 1. The summed E-state index contributed by atoms with van der Waals surface area (Å²) in [7, 11) is 2.17. The Morgan fingerprint density at radius 2 is 2.12 bits per heavy atom. The van der Waals surface area contributed by atoms with E-state index in [0.29, 0.717) is 6.04 Å². The van der Waals surface area contributed by atoms with E-state index in [9.17, 15) is 0 Å². The molecule has 1 aromatic rings. The number of hydrogen-bond acceptors (Lipinski definition) is 3. The van der Waals surface area contributed by atoms with Crippen molar-refractivity contribution in [3.8, 4) is 0 Å². The smallest absolute Gasteiger partial charge is 0.128 e. The highest BCUT2D eigenvalue weighted by Crippen LogP contribution is 2.27. The summed E-state index contributed by atoms with van der Waals surface area (Å²) in [5.41, 5.74) is 1.17. The van der Waals surface area contributed by atoms with Crippen LogP contribution in [-0.2, 0) is 6.54 Å². The second-order valence-corrected chi connectivity index (χ2v) is 5.34. The molecule has 0 spiro atoms. The third kappa shape index (κ3) is 2.60. The van der Waals surface area contributed by atoms with E-state index in [2.05, 4.69) is 35.5 Å². The molecule has 0 aromatic carbocycles. The molecule has 2 aliphatic carbocycles. The molecule has 0 aliphatic heterocycles. The lowest BCUT2D eigenvalue weighted by atomic mass is 9.92. The maximum Gasteiger partial charge on any atom is 0.128 e. The van der Waals surface area contributed by atoms with E-state index in [4.69, 9.17) is 4.98 Å². The molecule has 0 atom stereocenters. The van der Waals surface area contributed by atoms with Crippen LogP contribution >= 0.6 is 0 Å². The van der Waals surface area contributed by atoms with Crippen molar-refractivity contribution in [1.29, 1.82) is 0 Å². The van der Waals surface area contributed by atoms with Gasteiger partial charge in [-0.05, 0) is 44.2 Å². The Kier molecular flexibility index (Phi) is 3.02. The number of nitrogens with zero attached hydrogens (tertiary/aromatic N) is 2. The normalized spacial score (nSPS) is 20.1. The van der Waals surface area contributed by atoms with Gasteiger partial charge >= 0.3 is 0 Å². The fourth-order valence-electron chi connectivity index (χ4n) is 2.26. The molecular weight excluding hydrogens is 210 g/mol. The fraction of sp³-hybridized carbons (Fsp3) is 0.643. The Morgan fingerprint density at radius 1 is 1.29 bits per heavy atom. The first-order valence-corrected chi connectivity index (χ1v) is 6.75. The standard InChI is InChI=1S/C14H21N3/c1-17(13-5-3-6-13)14-7-2-4-12(16-14)10-15-11-8-9-11/h2,4,7,11,13,15H,3,5-6,8-10H2,1H3. The largest absolute Gasteiger partial charge is 0.357 e. The van der Waals surface area contributed by atoms with Crippen molar-refractivity contribution in [2.75, 3.05) is 11.9 Å². The van der Waals surface area contributed by atoms with Crippen LogP contribution in [0.2, 0.25) is 0 Å². The second kappa shape index (κ2) is 4.65. The van der Waals surface area contributed by atoms with E-state index in [1.165, 1.54) is 37.8 Å². The van der Waals surface area contributed by atoms with Crippen LogP contribution in [0, 0.1) is 0 Å². The minimum absolute atomic E-state index is 0.717. The van der Waals surface area contributed by atoms with Gasteiger partial charge in [0.1, 0.15) is 5.82 Å². The molecule has 3 nitrogen and oxygen atoms in total. The van der Waals surface area contributed by atoms with Crippen LogP contribution in [-0.4, -0.2) is 24.1 Å². The van der Waals surface area contributed by atoms with Crippen molar-refractivity contribution in [2.45, 2.75) is 50.7 Å². The van der Waals surface area contributed by atoms with Crippen molar-refractivity contribution in [3.05, 3.63) is 23.9 Å². The number of nitrogens with one attached hydrogen (secondary N) is 1. The van der Waals surface area contributed by atoms with Gasteiger partial charge in [0.25, 0.3) is 0 Å². The molecule has 0 saturated heterocycles. The van der Waals surface area contributed by atoms with Crippen LogP contribution in [0.4, 0.5) is 5.82 Å². The quantitative estimate of drug-likeness (QED) is 0.843. The third-order valence-electron chi connectivity index (χ3n) is 3.93. The molecule has 0 unspecified atom stereocenters. The molecule has 2 fully saturated rings. The van der Waals surface area contributed by atoms with Crippen LogP contribution < -0.4 is 10.2 Å². The van der Waals surface area contributed by atoms with Gasteiger partial charge < -0.3 is 10.2 Å². The molecule has 1 aromatic heterocycles. The topological polar surface area (TPSA) is 28.2 Å². The molecule has 3 rings (SSSR count). The molecule has 0 radical (unpaired) electrons. The molecular formula is C14H21N3. The highest BCUT2D eigenvalue weighted by Gasteiger charge is 2.23. The first-order chi connectivity index (χ1) is 8.33. The van der Waals surface area contributed by atoms with Gasteiger partial charge in [0.15, 0.2) is 0 Å². The number of rotatable bonds is 5. The molecule has 2 aliphatic rings. The predicted molar refractivity (Wildman–Crippen MR) is 70.1 cm³/mol. The van der Waals surface area contributed by atoms with Crippen molar-refractivity contribution < 1.29 is 0 Å². The van der Waals surface area contributed by atoms with Gasteiger partial charge in [0.05, 0.1) is 5.69 Å². The Morgan fingerprint density at radius 3 is 2.76 bits per heavy atom. The van der Waals surface area contributed by atoms with Crippen molar-refractivity contribution >= 4 is 5.82 Å². The van der Waals surface area contributed by atoms with Crippen LogP contribution in [0.3, 0.4) is 0 Å². The Balaban J connectivity index is 1.64. The van der Waals surface area contributed by atoms with Crippen molar-refractivity contribution in [2.24, 2.45) is 0 Å². The first-order valence-electron chi connectivity index (χ1n) is 6.75. The lowest BCUT2D eigenvalue weighted by Crippen LogP contribution is -2.37. The van der Waals surface area contributed by atoms with Crippen molar-refractivity contribution in [3.63, 3.8) is 0 Å². The Hall–Kier alpha value is -1.09. The van der Waals surface area contributed by atoms with Crippen LogP contribution in [0.15, 0.2) is 18.2 Å². The van der Waals surface area contributed by atoms with Gasteiger partial charge in [-0.25, -0.2) is 4.98 Å². The van der Waals surface area contributed by atoms with Gasteiger partial charge in [0.2, 0.25) is 0 Å². The fourth-order valence-corrected chi connectivity index (χ4v) is 2.26. The molecule has 0 amide bonds. The zero-order chi connectivity index (χ0) is 11.7. The summed E-state index contributed by atoms with van der Waals surface area (Å²) < 4.78 is 0. The minimum atomic E-state index is 0.717. The van der Waals surface area contributed by atoms with Crippen molar-refractivity contribution in [1.82, 2.24) is 10.3 Å². The van der Waals surface area contributed by atoms with E-state index in [1.807, 2.05) is 0 Å². The summed E-state index contributed by atoms with van der Waals surface area (Å²) in [5, 5.41) is 3.52. The maximum absolute atomic E-state index is 4.74. The molecule has 17 heavy (non-hydrogen) atoms. The van der Waals surface area contributed by atoms with Gasteiger partial charge in [-0.15, -0.1) is 0 Å². The Labute approximate surface area is 103 Å². The third-order valence-corrected chi connectivity index (χ3v) is 3.93. The van der Waals surface area contributed by atoms with Gasteiger partial charge in [-0.1, -0.05) is 6.07 Å². The van der Waals surface area contributed by atoms with E-state index in [-0.39, 0.29) is 0 Å². The highest BCUT2D eigenvalue weighted by atomic mass is 15.2. The molecule has 1 heterocycles. The molecule has 1 N–H and O–H groups in total. The molecule has 3 heteroatoms. The molecule has 0 bridgehead atoms. The summed E-state index contributed by atoms with van der Waals surface area (Å²) in [6, 6.07) is 7.84.